The summed E-state index contributed by atoms with van der Waals surface area (Å²) < 4.78 is 0. The van der Waals surface area contributed by atoms with Crippen molar-refractivity contribution in [2.24, 2.45) is 5.92 Å². The Morgan fingerprint density at radius 1 is 0.895 bits per heavy atom. The largest absolute Gasteiger partial charge is 0.299 e. The van der Waals surface area contributed by atoms with Gasteiger partial charge in [0.25, 0.3) is 0 Å². The van der Waals surface area contributed by atoms with Crippen LogP contribution < -0.4 is 0 Å². The Balaban J connectivity index is 2.22. The Hall–Kier alpha value is -2.22. The van der Waals surface area contributed by atoms with Crippen LogP contribution in [0.15, 0.2) is 60.7 Å². The second kappa shape index (κ2) is 6.10. The van der Waals surface area contributed by atoms with Crippen LogP contribution in [0.2, 0.25) is 0 Å². The maximum Gasteiger partial charge on any atom is 0.173 e. The predicted octanol–water partition coefficient (Wildman–Crippen LogP) is 3.32. The van der Waals surface area contributed by atoms with Crippen molar-refractivity contribution in [1.82, 2.24) is 0 Å². The molecule has 2 aromatic rings. The molecule has 0 aliphatic carbocycles. The molecule has 0 aliphatic rings. The number of ketones is 2. The molecule has 2 heteroatoms. The minimum absolute atomic E-state index is 0.0855. The lowest BCUT2D eigenvalue weighted by Gasteiger charge is -2.12. The van der Waals surface area contributed by atoms with Gasteiger partial charge in [-0.3, -0.25) is 9.59 Å². The highest BCUT2D eigenvalue weighted by Crippen LogP contribution is 2.16. The first kappa shape index (κ1) is 13.2. The third-order valence-corrected chi connectivity index (χ3v) is 3.15. The molecule has 0 fully saturated rings. The van der Waals surface area contributed by atoms with E-state index in [-0.39, 0.29) is 11.6 Å². The fourth-order valence-electron chi connectivity index (χ4n) is 2.07. The first-order valence-electron chi connectivity index (χ1n) is 6.32. The minimum atomic E-state index is -0.593. The molecule has 0 bridgehead atoms. The Morgan fingerprint density at radius 3 is 1.95 bits per heavy atom. The molecule has 0 N–H and O–H groups in total. The molecule has 2 nitrogen and oxygen atoms in total. The molecule has 0 aromatic heterocycles. The molecule has 1 atom stereocenters. The zero-order valence-corrected chi connectivity index (χ0v) is 10.9. The Morgan fingerprint density at radius 2 is 1.42 bits per heavy atom. The van der Waals surface area contributed by atoms with Crippen LogP contribution in [0.25, 0.3) is 0 Å². The Kier molecular flexibility index (Phi) is 4.24. The molecule has 2 aromatic carbocycles. The van der Waals surface area contributed by atoms with Crippen molar-refractivity contribution in [2.45, 2.75) is 13.3 Å². The van der Waals surface area contributed by atoms with Crippen LogP contribution in [0.1, 0.15) is 22.8 Å². The quantitative estimate of drug-likeness (QED) is 0.604. The van der Waals surface area contributed by atoms with Gasteiger partial charge in [-0.2, -0.15) is 0 Å². The second-order valence-electron chi connectivity index (χ2n) is 4.58. The standard InChI is InChI=1S/C17H16O2/c1-13(18)16(12-14-8-4-2-5-9-14)17(19)15-10-6-3-7-11-15/h2-11,16H,12H2,1H3/t16-/m0/s1. The van der Waals surface area contributed by atoms with Gasteiger partial charge in [0, 0.05) is 5.56 Å². The maximum atomic E-state index is 12.4. The van der Waals surface area contributed by atoms with E-state index in [1.165, 1.54) is 6.92 Å². The molecule has 0 unspecified atom stereocenters. The zero-order valence-electron chi connectivity index (χ0n) is 10.9. The third-order valence-electron chi connectivity index (χ3n) is 3.15. The molecule has 19 heavy (non-hydrogen) atoms. The van der Waals surface area contributed by atoms with E-state index in [9.17, 15) is 9.59 Å². The van der Waals surface area contributed by atoms with Gasteiger partial charge < -0.3 is 0 Å². The van der Waals surface area contributed by atoms with Gasteiger partial charge >= 0.3 is 0 Å². The lowest BCUT2D eigenvalue weighted by atomic mass is 9.88. The van der Waals surface area contributed by atoms with Crippen molar-refractivity contribution in [2.75, 3.05) is 0 Å². The van der Waals surface area contributed by atoms with E-state index in [0.717, 1.165) is 5.56 Å². The van der Waals surface area contributed by atoms with Gasteiger partial charge in [-0.15, -0.1) is 0 Å². The van der Waals surface area contributed by atoms with Crippen molar-refractivity contribution in [3.05, 3.63) is 71.8 Å². The Bertz CT molecular complexity index is 558. The highest BCUT2D eigenvalue weighted by molar-refractivity contribution is 6.10. The van der Waals surface area contributed by atoms with E-state index < -0.39 is 5.92 Å². The van der Waals surface area contributed by atoms with Crippen molar-refractivity contribution < 1.29 is 9.59 Å². The molecule has 0 aliphatic heterocycles. The van der Waals surface area contributed by atoms with Gasteiger partial charge in [-0.05, 0) is 18.9 Å². The van der Waals surface area contributed by atoms with E-state index in [2.05, 4.69) is 0 Å². The fraction of sp³-hybridized carbons (Fsp3) is 0.176. The molecule has 0 radical (unpaired) electrons. The van der Waals surface area contributed by atoms with Gasteiger partial charge in [0.2, 0.25) is 0 Å². The van der Waals surface area contributed by atoms with Crippen molar-refractivity contribution in [3.63, 3.8) is 0 Å². The number of carbonyl (C=O) groups excluding carboxylic acids is 2. The van der Waals surface area contributed by atoms with Crippen molar-refractivity contribution in [1.29, 1.82) is 0 Å². The minimum Gasteiger partial charge on any atom is -0.299 e. The summed E-state index contributed by atoms with van der Waals surface area (Å²) in [7, 11) is 0. The number of hydrogen-bond donors (Lipinski definition) is 0. The summed E-state index contributed by atoms with van der Waals surface area (Å²) in [5, 5.41) is 0. The van der Waals surface area contributed by atoms with Crippen LogP contribution in [0.4, 0.5) is 0 Å². The number of Topliss-reactive ketones (excluding diaryl/α,β-unsaturated/α-hetero) is 2. The number of hydrogen-bond acceptors (Lipinski definition) is 2. The summed E-state index contributed by atoms with van der Waals surface area (Å²) in [6, 6.07) is 18.6. The average molecular weight is 252 g/mol. The predicted molar refractivity (Wildman–Crippen MR) is 75.1 cm³/mol. The zero-order chi connectivity index (χ0) is 13.7. The molecular weight excluding hydrogens is 236 g/mol. The van der Waals surface area contributed by atoms with Gasteiger partial charge in [-0.1, -0.05) is 60.7 Å². The monoisotopic (exact) mass is 252 g/mol. The molecule has 0 saturated carbocycles. The van der Waals surface area contributed by atoms with Gasteiger partial charge in [-0.25, -0.2) is 0 Å². The van der Waals surface area contributed by atoms with Crippen LogP contribution in [-0.4, -0.2) is 11.6 Å². The molecule has 2 rings (SSSR count). The van der Waals surface area contributed by atoms with E-state index >= 15 is 0 Å². The lowest BCUT2D eigenvalue weighted by Crippen LogP contribution is -2.24. The third kappa shape index (κ3) is 3.38. The second-order valence-corrected chi connectivity index (χ2v) is 4.58. The Labute approximate surface area is 113 Å². The van der Waals surface area contributed by atoms with Crippen LogP contribution in [-0.2, 0) is 11.2 Å². The summed E-state index contributed by atoms with van der Waals surface area (Å²) in [4.78, 5) is 24.1. The smallest absolute Gasteiger partial charge is 0.173 e. The number of carbonyl (C=O) groups is 2. The average Bonchev–Trinajstić information content (AvgIpc) is 2.46. The fourth-order valence-corrected chi connectivity index (χ4v) is 2.07. The molecular formula is C17H16O2. The topological polar surface area (TPSA) is 34.1 Å². The maximum absolute atomic E-state index is 12.4. The summed E-state index contributed by atoms with van der Waals surface area (Å²) >= 11 is 0. The highest BCUT2D eigenvalue weighted by Gasteiger charge is 2.24. The van der Waals surface area contributed by atoms with Gasteiger partial charge in [0.15, 0.2) is 5.78 Å². The van der Waals surface area contributed by atoms with E-state index in [0.29, 0.717) is 12.0 Å². The molecule has 0 spiro atoms. The van der Waals surface area contributed by atoms with Crippen LogP contribution in [0.3, 0.4) is 0 Å². The van der Waals surface area contributed by atoms with Crippen molar-refractivity contribution >= 4 is 11.6 Å². The molecule has 0 heterocycles. The first-order chi connectivity index (χ1) is 9.18. The van der Waals surface area contributed by atoms with Crippen LogP contribution in [0, 0.1) is 5.92 Å². The molecule has 96 valence electrons. The molecule has 0 amide bonds. The van der Waals surface area contributed by atoms with Gasteiger partial charge in [0.1, 0.15) is 5.78 Å². The highest BCUT2D eigenvalue weighted by atomic mass is 16.1. The van der Waals surface area contributed by atoms with Crippen LogP contribution in [0.5, 0.6) is 0 Å². The normalized spacial score (nSPS) is 11.8. The SMILES string of the molecule is CC(=O)[C@H](Cc1ccccc1)C(=O)c1ccccc1. The number of benzene rings is 2. The molecule has 0 saturated heterocycles. The van der Waals surface area contributed by atoms with Crippen molar-refractivity contribution in [3.8, 4) is 0 Å². The lowest BCUT2D eigenvalue weighted by molar-refractivity contribution is -0.119. The first-order valence-corrected chi connectivity index (χ1v) is 6.32. The summed E-state index contributed by atoms with van der Waals surface area (Å²) in [6.45, 7) is 1.48. The summed E-state index contributed by atoms with van der Waals surface area (Å²) in [5.41, 5.74) is 1.60. The number of rotatable bonds is 5. The van der Waals surface area contributed by atoms with Gasteiger partial charge in [0.05, 0.1) is 5.92 Å². The van der Waals surface area contributed by atoms with E-state index in [1.54, 1.807) is 12.1 Å². The van der Waals surface area contributed by atoms with E-state index in [1.807, 2.05) is 48.5 Å². The van der Waals surface area contributed by atoms with Crippen LogP contribution >= 0.6 is 0 Å². The summed E-state index contributed by atoms with van der Waals surface area (Å²) in [5.74, 6) is -0.778. The van der Waals surface area contributed by atoms with E-state index in [4.69, 9.17) is 0 Å². The summed E-state index contributed by atoms with van der Waals surface area (Å²) in [6.07, 6.45) is 0.462.